The second-order valence-electron chi connectivity index (χ2n) is 4.74. The predicted molar refractivity (Wildman–Crippen MR) is 67.3 cm³/mol. The van der Waals surface area contributed by atoms with E-state index in [9.17, 15) is 0 Å². The SMILES string of the molecule is CCCn1nc(C)c(N)c1SC(C)(C)C. The molecule has 1 rings (SSSR count). The van der Waals surface area contributed by atoms with Crippen LogP contribution < -0.4 is 5.73 Å². The molecule has 0 saturated heterocycles. The quantitative estimate of drug-likeness (QED) is 0.807. The fourth-order valence-corrected chi connectivity index (χ4v) is 2.41. The summed E-state index contributed by atoms with van der Waals surface area (Å²) in [4.78, 5) is 0. The van der Waals surface area contributed by atoms with Crippen LogP contribution in [0.5, 0.6) is 0 Å². The van der Waals surface area contributed by atoms with Gasteiger partial charge in [-0.3, -0.25) is 4.68 Å². The highest BCUT2D eigenvalue weighted by Crippen LogP contribution is 2.36. The second-order valence-corrected chi connectivity index (χ2v) is 6.56. The van der Waals surface area contributed by atoms with Crippen molar-refractivity contribution < 1.29 is 0 Å². The van der Waals surface area contributed by atoms with Crippen molar-refractivity contribution in [3.8, 4) is 0 Å². The van der Waals surface area contributed by atoms with E-state index in [2.05, 4.69) is 32.8 Å². The molecule has 0 bridgehead atoms. The first-order valence-corrected chi connectivity index (χ1v) is 6.18. The van der Waals surface area contributed by atoms with Crippen molar-refractivity contribution in [2.75, 3.05) is 5.73 Å². The molecule has 0 amide bonds. The van der Waals surface area contributed by atoms with Gasteiger partial charge in [0, 0.05) is 11.3 Å². The average Bonchev–Trinajstić information content (AvgIpc) is 2.32. The lowest BCUT2D eigenvalue weighted by Gasteiger charge is -2.18. The van der Waals surface area contributed by atoms with E-state index in [1.807, 2.05) is 11.6 Å². The minimum absolute atomic E-state index is 0.173. The molecule has 0 spiro atoms. The summed E-state index contributed by atoms with van der Waals surface area (Å²) >= 11 is 1.79. The number of nitrogens with zero attached hydrogens (tertiary/aromatic N) is 2. The smallest absolute Gasteiger partial charge is 0.118 e. The number of hydrogen-bond acceptors (Lipinski definition) is 3. The van der Waals surface area contributed by atoms with Gasteiger partial charge in [-0.05, 0) is 13.3 Å². The maximum absolute atomic E-state index is 6.04. The van der Waals surface area contributed by atoms with E-state index in [0.717, 1.165) is 29.4 Å². The summed E-state index contributed by atoms with van der Waals surface area (Å²) in [5.74, 6) is 0. The van der Waals surface area contributed by atoms with Gasteiger partial charge in [-0.2, -0.15) is 5.10 Å². The number of aryl methyl sites for hydroxylation is 2. The van der Waals surface area contributed by atoms with Crippen LogP contribution >= 0.6 is 11.8 Å². The van der Waals surface area contributed by atoms with Gasteiger partial charge in [-0.1, -0.05) is 39.5 Å². The van der Waals surface area contributed by atoms with Crippen molar-refractivity contribution in [2.24, 2.45) is 0 Å². The molecule has 0 unspecified atom stereocenters. The molecule has 2 N–H and O–H groups in total. The van der Waals surface area contributed by atoms with Gasteiger partial charge in [0.05, 0.1) is 11.4 Å². The van der Waals surface area contributed by atoms with Crippen LogP contribution in [0.4, 0.5) is 5.69 Å². The van der Waals surface area contributed by atoms with Crippen molar-refractivity contribution >= 4 is 17.4 Å². The van der Waals surface area contributed by atoms with Crippen LogP contribution in [0.1, 0.15) is 39.8 Å². The van der Waals surface area contributed by atoms with E-state index in [1.165, 1.54) is 0 Å². The molecule has 86 valence electrons. The molecule has 1 heterocycles. The molecule has 1 aromatic rings. The normalized spacial score (nSPS) is 12.1. The summed E-state index contributed by atoms with van der Waals surface area (Å²) in [6.45, 7) is 11.6. The maximum atomic E-state index is 6.04. The number of thioether (sulfide) groups is 1. The summed E-state index contributed by atoms with van der Waals surface area (Å²) in [6.07, 6.45) is 1.08. The van der Waals surface area contributed by atoms with Crippen molar-refractivity contribution in [3.05, 3.63) is 5.69 Å². The van der Waals surface area contributed by atoms with Gasteiger partial charge in [0.2, 0.25) is 0 Å². The van der Waals surface area contributed by atoms with E-state index in [1.54, 1.807) is 11.8 Å². The van der Waals surface area contributed by atoms with Crippen molar-refractivity contribution in [2.45, 2.75) is 57.4 Å². The molecule has 0 aliphatic heterocycles. The lowest BCUT2D eigenvalue weighted by Crippen LogP contribution is -2.11. The number of hydrogen-bond donors (Lipinski definition) is 1. The molecule has 15 heavy (non-hydrogen) atoms. The number of aromatic nitrogens is 2. The molecule has 0 aromatic carbocycles. The van der Waals surface area contributed by atoms with Crippen molar-refractivity contribution in [1.82, 2.24) is 9.78 Å². The fraction of sp³-hybridized carbons (Fsp3) is 0.727. The maximum Gasteiger partial charge on any atom is 0.118 e. The Morgan fingerprint density at radius 2 is 2.00 bits per heavy atom. The van der Waals surface area contributed by atoms with Crippen molar-refractivity contribution in [1.29, 1.82) is 0 Å². The molecule has 4 heteroatoms. The van der Waals surface area contributed by atoms with Crippen LogP contribution in [-0.4, -0.2) is 14.5 Å². The first-order chi connectivity index (χ1) is 6.85. The van der Waals surface area contributed by atoms with E-state index < -0.39 is 0 Å². The van der Waals surface area contributed by atoms with Gasteiger partial charge in [-0.15, -0.1) is 0 Å². The molecular weight excluding hydrogens is 206 g/mol. The van der Waals surface area contributed by atoms with Gasteiger partial charge >= 0.3 is 0 Å². The third-order valence-electron chi connectivity index (χ3n) is 1.96. The Balaban J connectivity index is 3.02. The lowest BCUT2D eigenvalue weighted by molar-refractivity contribution is 0.554. The Hall–Kier alpha value is -0.640. The summed E-state index contributed by atoms with van der Waals surface area (Å²) in [7, 11) is 0. The first kappa shape index (κ1) is 12.4. The van der Waals surface area contributed by atoms with Gasteiger partial charge < -0.3 is 5.73 Å². The number of nitrogens with two attached hydrogens (primary N) is 1. The van der Waals surface area contributed by atoms with Gasteiger partial charge in [0.1, 0.15) is 5.03 Å². The van der Waals surface area contributed by atoms with Gasteiger partial charge in [-0.25, -0.2) is 0 Å². The third kappa shape index (κ3) is 3.16. The third-order valence-corrected chi connectivity index (χ3v) is 3.20. The standard InChI is InChI=1S/C11H21N3S/c1-6-7-14-10(15-11(3,4)5)9(12)8(2)13-14/h6-7,12H2,1-5H3. The zero-order valence-electron chi connectivity index (χ0n) is 10.3. The first-order valence-electron chi connectivity index (χ1n) is 5.37. The molecule has 0 fully saturated rings. The molecular formula is C11H21N3S. The molecule has 0 saturated carbocycles. The highest BCUT2D eigenvalue weighted by atomic mass is 32.2. The van der Waals surface area contributed by atoms with Crippen molar-refractivity contribution in [3.63, 3.8) is 0 Å². The van der Waals surface area contributed by atoms with E-state index in [0.29, 0.717) is 0 Å². The van der Waals surface area contributed by atoms with Crippen LogP contribution in [0, 0.1) is 6.92 Å². The highest BCUT2D eigenvalue weighted by molar-refractivity contribution is 8.00. The Kier molecular flexibility index (Phi) is 3.71. The zero-order chi connectivity index (χ0) is 11.6. The summed E-state index contributed by atoms with van der Waals surface area (Å²) in [6, 6.07) is 0. The predicted octanol–water partition coefficient (Wildman–Crippen LogP) is 3.07. The second kappa shape index (κ2) is 4.47. The molecule has 0 aliphatic rings. The molecule has 0 atom stereocenters. The number of anilines is 1. The van der Waals surface area contributed by atoms with Crippen LogP contribution in [-0.2, 0) is 6.54 Å². The largest absolute Gasteiger partial charge is 0.395 e. The summed E-state index contributed by atoms with van der Waals surface area (Å²) in [5, 5.41) is 5.57. The summed E-state index contributed by atoms with van der Waals surface area (Å²) < 4.78 is 2.20. The topological polar surface area (TPSA) is 43.8 Å². The highest BCUT2D eigenvalue weighted by Gasteiger charge is 2.19. The number of rotatable bonds is 3. The van der Waals surface area contributed by atoms with Crippen LogP contribution in [0.15, 0.2) is 5.03 Å². The molecule has 0 radical (unpaired) electrons. The monoisotopic (exact) mass is 227 g/mol. The Morgan fingerprint density at radius 1 is 1.40 bits per heavy atom. The van der Waals surface area contributed by atoms with Gasteiger partial charge in [0.15, 0.2) is 0 Å². The molecule has 1 aromatic heterocycles. The van der Waals surface area contributed by atoms with E-state index in [4.69, 9.17) is 5.73 Å². The molecule has 0 aliphatic carbocycles. The summed E-state index contributed by atoms with van der Waals surface area (Å²) in [5.41, 5.74) is 7.81. The van der Waals surface area contributed by atoms with Crippen LogP contribution in [0.25, 0.3) is 0 Å². The minimum Gasteiger partial charge on any atom is -0.395 e. The van der Waals surface area contributed by atoms with Crippen LogP contribution in [0.2, 0.25) is 0 Å². The van der Waals surface area contributed by atoms with Gasteiger partial charge in [0.25, 0.3) is 0 Å². The number of nitrogen functional groups attached to an aromatic ring is 1. The fourth-order valence-electron chi connectivity index (χ4n) is 1.34. The van der Waals surface area contributed by atoms with E-state index in [-0.39, 0.29) is 4.75 Å². The zero-order valence-corrected chi connectivity index (χ0v) is 11.1. The lowest BCUT2D eigenvalue weighted by atomic mass is 10.3. The minimum atomic E-state index is 0.173. The molecule has 3 nitrogen and oxygen atoms in total. The Labute approximate surface area is 96.4 Å². The Morgan fingerprint density at radius 3 is 2.47 bits per heavy atom. The average molecular weight is 227 g/mol. The van der Waals surface area contributed by atoms with E-state index >= 15 is 0 Å². The Bertz CT molecular complexity index is 336. The van der Waals surface area contributed by atoms with Crippen LogP contribution in [0.3, 0.4) is 0 Å².